The fourth-order valence-corrected chi connectivity index (χ4v) is 1.40. The molecule has 70 valence electrons. The summed E-state index contributed by atoms with van der Waals surface area (Å²) in [6.45, 7) is 4.28. The summed E-state index contributed by atoms with van der Waals surface area (Å²) in [4.78, 5) is 10.5. The van der Waals surface area contributed by atoms with Crippen molar-refractivity contribution < 1.29 is 4.79 Å². The molecule has 0 bridgehead atoms. The van der Waals surface area contributed by atoms with Gasteiger partial charge < -0.3 is 0 Å². The predicted octanol–water partition coefficient (Wildman–Crippen LogP) is 3.15. The fourth-order valence-electron chi connectivity index (χ4n) is 1.40. The van der Waals surface area contributed by atoms with Crippen molar-refractivity contribution in [2.24, 2.45) is 0 Å². The number of hydrogen-bond acceptors (Lipinski definition) is 1. The summed E-state index contributed by atoms with van der Waals surface area (Å²) >= 11 is 0. The van der Waals surface area contributed by atoms with Crippen LogP contribution < -0.4 is 0 Å². The van der Waals surface area contributed by atoms with Crippen LogP contribution in [-0.2, 0) is 6.42 Å². The van der Waals surface area contributed by atoms with Gasteiger partial charge in [-0.05, 0) is 37.0 Å². The largest absolute Gasteiger partial charge is 0.298 e. The molecule has 0 aliphatic heterocycles. The zero-order valence-electron chi connectivity index (χ0n) is 8.34. The molecule has 0 heterocycles. The van der Waals surface area contributed by atoms with Crippen molar-refractivity contribution in [2.75, 3.05) is 0 Å². The van der Waals surface area contributed by atoms with Crippen molar-refractivity contribution >= 4 is 6.29 Å². The number of carbonyl (C=O) groups excluding carboxylic acids is 1. The standard InChI is InChI=1S/C12H16O/c1-3-4-5-12-8-11(9-13)7-6-10(12)2/h6-9H,3-5H2,1-2H3. The van der Waals surface area contributed by atoms with E-state index >= 15 is 0 Å². The molecular weight excluding hydrogens is 160 g/mol. The van der Waals surface area contributed by atoms with Crippen molar-refractivity contribution in [3.63, 3.8) is 0 Å². The molecule has 1 nitrogen and oxygen atoms in total. The Morgan fingerprint density at radius 2 is 2.15 bits per heavy atom. The van der Waals surface area contributed by atoms with Gasteiger partial charge in [-0.15, -0.1) is 0 Å². The lowest BCUT2D eigenvalue weighted by Gasteiger charge is -2.04. The van der Waals surface area contributed by atoms with Gasteiger partial charge in [0, 0.05) is 5.56 Å². The second kappa shape index (κ2) is 4.80. The van der Waals surface area contributed by atoms with Gasteiger partial charge in [-0.2, -0.15) is 0 Å². The van der Waals surface area contributed by atoms with Crippen molar-refractivity contribution in [3.8, 4) is 0 Å². The highest BCUT2D eigenvalue weighted by atomic mass is 16.1. The second-order valence-electron chi connectivity index (χ2n) is 3.41. The number of aldehydes is 1. The van der Waals surface area contributed by atoms with E-state index in [4.69, 9.17) is 0 Å². The third kappa shape index (κ3) is 2.69. The van der Waals surface area contributed by atoms with Gasteiger partial charge in [-0.3, -0.25) is 4.79 Å². The highest BCUT2D eigenvalue weighted by molar-refractivity contribution is 5.75. The summed E-state index contributed by atoms with van der Waals surface area (Å²) in [7, 11) is 0. The number of rotatable bonds is 4. The topological polar surface area (TPSA) is 17.1 Å². The van der Waals surface area contributed by atoms with Crippen LogP contribution in [0.25, 0.3) is 0 Å². The third-order valence-electron chi connectivity index (χ3n) is 2.31. The van der Waals surface area contributed by atoms with Crippen molar-refractivity contribution in [2.45, 2.75) is 33.1 Å². The summed E-state index contributed by atoms with van der Waals surface area (Å²) in [5.41, 5.74) is 3.39. The van der Waals surface area contributed by atoms with Crippen molar-refractivity contribution in [1.29, 1.82) is 0 Å². The van der Waals surface area contributed by atoms with E-state index in [0.717, 1.165) is 18.3 Å². The predicted molar refractivity (Wildman–Crippen MR) is 55.2 cm³/mol. The van der Waals surface area contributed by atoms with Gasteiger partial charge in [0.1, 0.15) is 6.29 Å². The van der Waals surface area contributed by atoms with Crippen LogP contribution in [0.3, 0.4) is 0 Å². The molecule has 0 unspecified atom stereocenters. The zero-order valence-corrected chi connectivity index (χ0v) is 8.34. The van der Waals surface area contributed by atoms with Crippen molar-refractivity contribution in [3.05, 3.63) is 34.9 Å². The minimum atomic E-state index is 0.789. The van der Waals surface area contributed by atoms with E-state index in [2.05, 4.69) is 13.8 Å². The summed E-state index contributed by atoms with van der Waals surface area (Å²) in [5, 5.41) is 0. The van der Waals surface area contributed by atoms with E-state index in [0.29, 0.717) is 0 Å². The van der Waals surface area contributed by atoms with E-state index < -0.39 is 0 Å². The zero-order chi connectivity index (χ0) is 9.68. The van der Waals surface area contributed by atoms with E-state index in [-0.39, 0.29) is 0 Å². The van der Waals surface area contributed by atoms with Gasteiger partial charge in [-0.1, -0.05) is 25.5 Å². The number of unbranched alkanes of at least 4 members (excludes halogenated alkanes) is 1. The van der Waals surface area contributed by atoms with Gasteiger partial charge in [0.25, 0.3) is 0 Å². The molecule has 1 heteroatoms. The van der Waals surface area contributed by atoms with Crippen LogP contribution in [0.2, 0.25) is 0 Å². The number of aryl methyl sites for hydroxylation is 2. The smallest absolute Gasteiger partial charge is 0.150 e. The molecule has 0 spiro atoms. The molecule has 1 aromatic rings. The quantitative estimate of drug-likeness (QED) is 0.644. The first-order chi connectivity index (χ1) is 6.27. The molecule has 0 atom stereocenters. The monoisotopic (exact) mass is 176 g/mol. The third-order valence-corrected chi connectivity index (χ3v) is 2.31. The Hall–Kier alpha value is -1.11. The van der Waals surface area contributed by atoms with Crippen LogP contribution in [-0.4, -0.2) is 6.29 Å². The van der Waals surface area contributed by atoms with E-state index in [1.807, 2.05) is 18.2 Å². The summed E-state index contributed by atoms with van der Waals surface area (Å²) < 4.78 is 0. The SMILES string of the molecule is CCCCc1cc(C=O)ccc1C. The first-order valence-corrected chi connectivity index (χ1v) is 4.82. The lowest BCUT2D eigenvalue weighted by Crippen LogP contribution is -1.91. The van der Waals surface area contributed by atoms with Crippen LogP contribution in [0, 0.1) is 6.92 Å². The Morgan fingerprint density at radius 1 is 1.38 bits per heavy atom. The Balaban J connectivity index is 2.83. The first kappa shape index (κ1) is 9.97. The van der Waals surface area contributed by atoms with Crippen LogP contribution in [0.5, 0.6) is 0 Å². The maximum atomic E-state index is 10.5. The molecule has 0 fully saturated rings. The van der Waals surface area contributed by atoms with Gasteiger partial charge >= 0.3 is 0 Å². The van der Waals surface area contributed by atoms with E-state index in [1.54, 1.807) is 0 Å². The molecule has 1 rings (SSSR count). The van der Waals surface area contributed by atoms with Gasteiger partial charge in [0.2, 0.25) is 0 Å². The molecule has 13 heavy (non-hydrogen) atoms. The maximum absolute atomic E-state index is 10.5. The summed E-state index contributed by atoms with van der Waals surface area (Å²) in [5.74, 6) is 0. The Bertz CT molecular complexity index is 289. The Labute approximate surface area is 79.8 Å². The normalized spacial score (nSPS) is 10.0. The number of carbonyl (C=O) groups is 1. The highest BCUT2D eigenvalue weighted by Crippen LogP contribution is 2.12. The van der Waals surface area contributed by atoms with Crippen LogP contribution in [0.1, 0.15) is 41.3 Å². The van der Waals surface area contributed by atoms with Crippen LogP contribution >= 0.6 is 0 Å². The number of benzene rings is 1. The average Bonchev–Trinajstić information content (AvgIpc) is 2.17. The molecule has 0 radical (unpaired) electrons. The molecule has 1 aromatic carbocycles. The molecule has 0 aliphatic carbocycles. The minimum absolute atomic E-state index is 0.789. The van der Waals surface area contributed by atoms with E-state index in [1.165, 1.54) is 24.0 Å². The Kier molecular flexibility index (Phi) is 3.69. The molecule has 0 aromatic heterocycles. The molecule has 0 amide bonds. The van der Waals surface area contributed by atoms with Gasteiger partial charge in [0.05, 0.1) is 0 Å². The second-order valence-corrected chi connectivity index (χ2v) is 3.41. The van der Waals surface area contributed by atoms with Crippen LogP contribution in [0.15, 0.2) is 18.2 Å². The van der Waals surface area contributed by atoms with Crippen molar-refractivity contribution in [1.82, 2.24) is 0 Å². The molecule has 0 N–H and O–H groups in total. The maximum Gasteiger partial charge on any atom is 0.150 e. The molecule has 0 aliphatic rings. The molecular formula is C12H16O. The number of hydrogen-bond donors (Lipinski definition) is 0. The minimum Gasteiger partial charge on any atom is -0.298 e. The van der Waals surface area contributed by atoms with Gasteiger partial charge in [0.15, 0.2) is 0 Å². The van der Waals surface area contributed by atoms with Gasteiger partial charge in [-0.25, -0.2) is 0 Å². The lowest BCUT2D eigenvalue weighted by atomic mass is 10.0. The average molecular weight is 176 g/mol. The highest BCUT2D eigenvalue weighted by Gasteiger charge is 1.99. The van der Waals surface area contributed by atoms with E-state index in [9.17, 15) is 4.79 Å². The summed E-state index contributed by atoms with van der Waals surface area (Å²) in [6.07, 6.45) is 4.40. The fraction of sp³-hybridized carbons (Fsp3) is 0.417. The molecule has 0 saturated carbocycles. The first-order valence-electron chi connectivity index (χ1n) is 4.82. The molecule has 0 saturated heterocycles. The Morgan fingerprint density at radius 3 is 2.77 bits per heavy atom. The van der Waals surface area contributed by atoms with Crippen LogP contribution in [0.4, 0.5) is 0 Å². The lowest BCUT2D eigenvalue weighted by molar-refractivity contribution is 0.112. The summed E-state index contributed by atoms with van der Waals surface area (Å²) in [6, 6.07) is 5.89.